The van der Waals surface area contributed by atoms with E-state index < -0.39 is 5.91 Å². The first kappa shape index (κ1) is 8.41. The van der Waals surface area contributed by atoms with Crippen LogP contribution in [0.4, 0.5) is 0 Å². The molecule has 0 fully saturated rings. The third-order valence-corrected chi connectivity index (χ3v) is 2.95. The Balaban J connectivity index is 2.21. The maximum absolute atomic E-state index is 11.5. The molecule has 74 valence electrons. The van der Waals surface area contributed by atoms with Crippen LogP contribution in [0.25, 0.3) is 5.70 Å². The molecule has 3 nitrogen and oxygen atoms in total. The van der Waals surface area contributed by atoms with E-state index in [1.54, 1.807) is 0 Å². The third-order valence-electron chi connectivity index (χ3n) is 2.95. The van der Waals surface area contributed by atoms with Crippen LogP contribution in [0.5, 0.6) is 0 Å². The fourth-order valence-electron chi connectivity index (χ4n) is 2.21. The summed E-state index contributed by atoms with van der Waals surface area (Å²) in [6.45, 7) is 0. The van der Waals surface area contributed by atoms with Gasteiger partial charge >= 0.3 is 0 Å². The number of carbonyl (C=O) groups is 2. The van der Waals surface area contributed by atoms with Gasteiger partial charge in [0.1, 0.15) is 0 Å². The average molecular weight is 199 g/mol. The molecule has 0 radical (unpaired) electrons. The molecule has 1 N–H and O–H groups in total. The zero-order valence-corrected chi connectivity index (χ0v) is 8.04. The van der Waals surface area contributed by atoms with Crippen molar-refractivity contribution < 1.29 is 9.59 Å². The van der Waals surface area contributed by atoms with Gasteiger partial charge in [0, 0.05) is 11.1 Å². The molecule has 1 aromatic carbocycles. The quantitative estimate of drug-likeness (QED) is 0.634. The lowest BCUT2D eigenvalue weighted by Gasteiger charge is -2.16. The van der Waals surface area contributed by atoms with Crippen LogP contribution in [-0.2, 0) is 16.0 Å². The number of amides is 1. The van der Waals surface area contributed by atoms with Crippen molar-refractivity contribution >= 4 is 17.4 Å². The smallest absolute Gasteiger partial charge is 0.296 e. The molecule has 0 unspecified atom stereocenters. The average Bonchev–Trinajstić information content (AvgIpc) is 2.56. The number of hydrogen-bond donors (Lipinski definition) is 1. The van der Waals surface area contributed by atoms with Crippen LogP contribution in [0.1, 0.15) is 17.5 Å². The van der Waals surface area contributed by atoms with E-state index in [-0.39, 0.29) is 5.78 Å². The first-order valence-electron chi connectivity index (χ1n) is 4.94. The van der Waals surface area contributed by atoms with Crippen molar-refractivity contribution in [1.82, 2.24) is 5.32 Å². The van der Waals surface area contributed by atoms with Gasteiger partial charge in [0.15, 0.2) is 0 Å². The summed E-state index contributed by atoms with van der Waals surface area (Å²) in [5.74, 6) is -0.851. The first-order chi connectivity index (χ1) is 7.27. The largest absolute Gasteiger partial charge is 0.318 e. The van der Waals surface area contributed by atoms with Gasteiger partial charge in [-0.15, -0.1) is 0 Å². The second kappa shape index (κ2) is 2.79. The molecule has 0 bridgehead atoms. The van der Waals surface area contributed by atoms with Gasteiger partial charge in [0.25, 0.3) is 5.91 Å². The predicted octanol–water partition coefficient (Wildman–Crippen LogP) is 1.04. The molecule has 0 saturated carbocycles. The number of hydrogen-bond acceptors (Lipinski definition) is 2. The highest BCUT2D eigenvalue weighted by Gasteiger charge is 2.34. The van der Waals surface area contributed by atoms with Gasteiger partial charge in [0.05, 0.1) is 5.70 Å². The lowest BCUT2D eigenvalue weighted by Crippen LogP contribution is -2.20. The van der Waals surface area contributed by atoms with Crippen molar-refractivity contribution in [3.63, 3.8) is 0 Å². The van der Waals surface area contributed by atoms with E-state index in [0.717, 1.165) is 17.7 Å². The molecule has 1 aliphatic heterocycles. The van der Waals surface area contributed by atoms with Crippen LogP contribution >= 0.6 is 0 Å². The molecule has 15 heavy (non-hydrogen) atoms. The van der Waals surface area contributed by atoms with E-state index in [9.17, 15) is 9.59 Å². The zero-order chi connectivity index (χ0) is 10.4. The van der Waals surface area contributed by atoms with Crippen molar-refractivity contribution in [3.05, 3.63) is 41.0 Å². The molecule has 1 amide bonds. The van der Waals surface area contributed by atoms with Crippen LogP contribution in [0.3, 0.4) is 0 Å². The Bertz CT molecular complexity index is 514. The number of nitrogens with one attached hydrogen (secondary N) is 1. The summed E-state index contributed by atoms with van der Waals surface area (Å²) in [7, 11) is 0. The van der Waals surface area contributed by atoms with Gasteiger partial charge < -0.3 is 5.32 Å². The summed E-state index contributed by atoms with van der Waals surface area (Å²) in [6.07, 6.45) is 1.51. The van der Waals surface area contributed by atoms with E-state index in [4.69, 9.17) is 0 Å². The summed E-state index contributed by atoms with van der Waals surface area (Å²) in [5, 5.41) is 2.65. The van der Waals surface area contributed by atoms with Gasteiger partial charge in [0.2, 0.25) is 5.78 Å². The molecule has 3 heteroatoms. The molecule has 3 rings (SSSR count). The summed E-state index contributed by atoms with van der Waals surface area (Å²) < 4.78 is 0. The molecule has 0 spiro atoms. The standard InChI is InChI=1S/C12H9NO2/c14-11-9-6-5-7-3-1-2-4-8(7)10(9)13-12(11)15/h1-4H,5-6H2,(H,13,14,15). The van der Waals surface area contributed by atoms with Gasteiger partial charge in [-0.1, -0.05) is 24.3 Å². The van der Waals surface area contributed by atoms with Crippen molar-refractivity contribution in [3.8, 4) is 0 Å². The highest BCUT2D eigenvalue weighted by Crippen LogP contribution is 2.32. The number of benzene rings is 1. The zero-order valence-electron chi connectivity index (χ0n) is 8.04. The summed E-state index contributed by atoms with van der Waals surface area (Å²) in [4.78, 5) is 22.7. The normalized spacial score (nSPS) is 18.7. The molecule has 1 heterocycles. The Morgan fingerprint density at radius 1 is 1.07 bits per heavy atom. The second-order valence-electron chi connectivity index (χ2n) is 3.79. The molecular formula is C12H9NO2. The van der Waals surface area contributed by atoms with E-state index >= 15 is 0 Å². The fraction of sp³-hybridized carbons (Fsp3) is 0.167. The molecule has 0 aromatic heterocycles. The molecule has 0 atom stereocenters. The van der Waals surface area contributed by atoms with E-state index in [2.05, 4.69) is 5.32 Å². The van der Waals surface area contributed by atoms with Crippen LogP contribution < -0.4 is 5.32 Å². The maximum Gasteiger partial charge on any atom is 0.296 e. The Hall–Kier alpha value is -1.90. The number of fused-ring (bicyclic) bond motifs is 2. The number of carbonyl (C=O) groups excluding carboxylic acids is 2. The van der Waals surface area contributed by atoms with Gasteiger partial charge in [-0.25, -0.2) is 0 Å². The van der Waals surface area contributed by atoms with Crippen LogP contribution in [0.2, 0.25) is 0 Å². The Morgan fingerprint density at radius 2 is 1.87 bits per heavy atom. The molecule has 1 aliphatic carbocycles. The highest BCUT2D eigenvalue weighted by molar-refractivity contribution is 6.48. The van der Waals surface area contributed by atoms with Crippen molar-refractivity contribution in [1.29, 1.82) is 0 Å². The molecule has 0 saturated heterocycles. The van der Waals surface area contributed by atoms with Crippen molar-refractivity contribution in [2.24, 2.45) is 0 Å². The van der Waals surface area contributed by atoms with E-state index in [1.807, 2.05) is 24.3 Å². The maximum atomic E-state index is 11.5. The Kier molecular flexibility index (Phi) is 1.57. The second-order valence-corrected chi connectivity index (χ2v) is 3.79. The Labute approximate surface area is 86.8 Å². The lowest BCUT2D eigenvalue weighted by molar-refractivity contribution is -0.134. The molecular weight excluding hydrogens is 190 g/mol. The van der Waals surface area contributed by atoms with Gasteiger partial charge in [-0.05, 0) is 18.4 Å². The minimum atomic E-state index is -0.489. The van der Waals surface area contributed by atoms with E-state index in [0.29, 0.717) is 12.0 Å². The van der Waals surface area contributed by atoms with Crippen LogP contribution in [0, 0.1) is 0 Å². The van der Waals surface area contributed by atoms with Gasteiger partial charge in [-0.3, -0.25) is 9.59 Å². The SMILES string of the molecule is O=C1NC2=C(CCc3ccccc32)C1=O. The minimum absolute atomic E-state index is 0.362. The van der Waals surface area contributed by atoms with E-state index in [1.165, 1.54) is 5.56 Å². The monoisotopic (exact) mass is 199 g/mol. The number of aryl methyl sites for hydroxylation is 1. The lowest BCUT2D eigenvalue weighted by atomic mass is 9.89. The van der Waals surface area contributed by atoms with Crippen molar-refractivity contribution in [2.75, 3.05) is 0 Å². The third kappa shape index (κ3) is 1.06. The number of rotatable bonds is 0. The number of ketones is 1. The van der Waals surface area contributed by atoms with Crippen LogP contribution in [0.15, 0.2) is 29.8 Å². The van der Waals surface area contributed by atoms with Gasteiger partial charge in [-0.2, -0.15) is 0 Å². The topological polar surface area (TPSA) is 46.2 Å². The predicted molar refractivity (Wildman–Crippen MR) is 54.8 cm³/mol. The fourth-order valence-corrected chi connectivity index (χ4v) is 2.21. The Morgan fingerprint density at radius 3 is 2.73 bits per heavy atom. The van der Waals surface area contributed by atoms with Crippen LogP contribution in [-0.4, -0.2) is 11.7 Å². The minimum Gasteiger partial charge on any atom is -0.318 e. The summed E-state index contributed by atoms with van der Waals surface area (Å²) in [6, 6.07) is 7.88. The first-order valence-corrected chi connectivity index (χ1v) is 4.94. The summed E-state index contributed by atoms with van der Waals surface area (Å²) in [5.41, 5.74) is 3.58. The molecule has 1 aromatic rings. The summed E-state index contributed by atoms with van der Waals surface area (Å²) >= 11 is 0. The molecule has 2 aliphatic rings. The highest BCUT2D eigenvalue weighted by atomic mass is 16.2. The number of Topliss-reactive ketones (excluding diaryl/α,β-unsaturated/α-hetero) is 1. The van der Waals surface area contributed by atoms with Crippen molar-refractivity contribution in [2.45, 2.75) is 12.8 Å².